The Kier molecular flexibility index (Phi) is 6.95. The number of carbonyl (C=O) groups is 1. The summed E-state index contributed by atoms with van der Waals surface area (Å²) in [7, 11) is 0. The van der Waals surface area contributed by atoms with Crippen LogP contribution in [0.5, 0.6) is 0 Å². The predicted molar refractivity (Wildman–Crippen MR) is 135 cm³/mol. The van der Waals surface area contributed by atoms with Gasteiger partial charge in [-0.05, 0) is 41.5 Å². The second-order valence-electron chi connectivity index (χ2n) is 7.76. The molecule has 0 saturated heterocycles. The molecule has 1 N–H and O–H groups in total. The van der Waals surface area contributed by atoms with Gasteiger partial charge >= 0.3 is 0 Å². The van der Waals surface area contributed by atoms with Crippen molar-refractivity contribution in [1.29, 1.82) is 0 Å². The van der Waals surface area contributed by atoms with Crippen LogP contribution < -0.4 is 5.32 Å². The molecule has 5 rings (SSSR count). The van der Waals surface area contributed by atoms with E-state index in [1.807, 2.05) is 82.2 Å². The number of nitrogens with zero attached hydrogens (tertiary/aromatic N) is 6. The minimum Gasteiger partial charge on any atom is -0.351 e. The molecule has 0 bridgehead atoms. The van der Waals surface area contributed by atoms with Crippen LogP contribution in [-0.4, -0.2) is 41.2 Å². The fourth-order valence-corrected chi connectivity index (χ4v) is 4.46. The Bertz CT molecular complexity index is 1390. The molecule has 0 fully saturated rings. The molecule has 2 aromatic carbocycles. The third kappa shape index (κ3) is 5.47. The maximum absolute atomic E-state index is 12.7. The number of amides is 1. The van der Waals surface area contributed by atoms with E-state index < -0.39 is 0 Å². The lowest BCUT2D eigenvalue weighted by Crippen LogP contribution is -2.25. The molecule has 1 amide bonds. The lowest BCUT2D eigenvalue weighted by molar-refractivity contribution is -0.118. The van der Waals surface area contributed by atoms with E-state index in [9.17, 15) is 4.79 Å². The van der Waals surface area contributed by atoms with Crippen LogP contribution in [0.15, 0.2) is 103 Å². The molecule has 35 heavy (non-hydrogen) atoms. The number of rotatable bonds is 9. The average molecular weight is 482 g/mol. The Morgan fingerprint density at radius 2 is 1.71 bits per heavy atom. The quantitative estimate of drug-likeness (QED) is 0.320. The first-order valence-electron chi connectivity index (χ1n) is 11.1. The van der Waals surface area contributed by atoms with E-state index in [0.717, 1.165) is 22.4 Å². The molecule has 0 saturated carbocycles. The molecule has 0 spiro atoms. The van der Waals surface area contributed by atoms with Crippen LogP contribution in [-0.2, 0) is 17.9 Å². The van der Waals surface area contributed by atoms with Crippen LogP contribution >= 0.6 is 11.8 Å². The van der Waals surface area contributed by atoms with Gasteiger partial charge in [0.25, 0.3) is 0 Å². The molecule has 0 aliphatic heterocycles. The molecule has 8 nitrogen and oxygen atoms in total. The number of pyridine rings is 1. The first kappa shape index (κ1) is 22.5. The summed E-state index contributed by atoms with van der Waals surface area (Å²) in [5.41, 5.74) is 3.96. The van der Waals surface area contributed by atoms with Crippen LogP contribution in [0.4, 0.5) is 0 Å². The van der Waals surface area contributed by atoms with Crippen molar-refractivity contribution in [1.82, 2.24) is 34.8 Å². The van der Waals surface area contributed by atoms with Crippen LogP contribution in [0.3, 0.4) is 0 Å². The smallest absolute Gasteiger partial charge is 0.230 e. The molecule has 0 aliphatic carbocycles. The number of hydrogen-bond acceptors (Lipinski definition) is 6. The number of aromatic nitrogens is 6. The Morgan fingerprint density at radius 1 is 0.886 bits per heavy atom. The maximum atomic E-state index is 12.7. The summed E-state index contributed by atoms with van der Waals surface area (Å²) in [5.74, 6) is 0.827. The Morgan fingerprint density at radius 3 is 2.49 bits per heavy atom. The Labute approximate surface area is 207 Å². The highest BCUT2D eigenvalue weighted by molar-refractivity contribution is 7.99. The number of carbonyl (C=O) groups excluding carboxylic acids is 1. The number of nitrogens with one attached hydrogen (secondary N) is 1. The fraction of sp³-hybridized carbons (Fsp3) is 0.115. The lowest BCUT2D eigenvalue weighted by Gasteiger charge is -2.12. The van der Waals surface area contributed by atoms with E-state index >= 15 is 0 Å². The van der Waals surface area contributed by atoms with Crippen LogP contribution in [0.25, 0.3) is 17.1 Å². The van der Waals surface area contributed by atoms with Crippen molar-refractivity contribution in [3.8, 4) is 17.1 Å². The summed E-state index contributed by atoms with van der Waals surface area (Å²) in [5, 5.41) is 16.7. The third-order valence-corrected chi connectivity index (χ3v) is 6.31. The zero-order valence-electron chi connectivity index (χ0n) is 18.9. The molecule has 0 radical (unpaired) electrons. The number of benzene rings is 2. The summed E-state index contributed by atoms with van der Waals surface area (Å²) in [6.07, 6.45) is 7.16. The number of thioether (sulfide) groups is 1. The van der Waals surface area contributed by atoms with Crippen molar-refractivity contribution in [3.63, 3.8) is 0 Å². The molecule has 0 unspecified atom stereocenters. The molecule has 0 aliphatic rings. The van der Waals surface area contributed by atoms with E-state index in [0.29, 0.717) is 24.1 Å². The Hall–Kier alpha value is -4.24. The molecular formula is C26H23N7OS. The van der Waals surface area contributed by atoms with E-state index in [4.69, 9.17) is 0 Å². The minimum absolute atomic E-state index is 0.0746. The van der Waals surface area contributed by atoms with Gasteiger partial charge in [-0.3, -0.25) is 19.0 Å². The molecule has 9 heteroatoms. The molecule has 5 aromatic rings. The molecule has 174 valence electrons. The monoisotopic (exact) mass is 481 g/mol. The van der Waals surface area contributed by atoms with Gasteiger partial charge in [-0.25, -0.2) is 0 Å². The highest BCUT2D eigenvalue weighted by Crippen LogP contribution is 2.27. The summed E-state index contributed by atoms with van der Waals surface area (Å²) in [6, 6.07) is 23.6. The summed E-state index contributed by atoms with van der Waals surface area (Å²) in [4.78, 5) is 16.9. The largest absolute Gasteiger partial charge is 0.351 e. The normalized spacial score (nSPS) is 10.9. The van der Waals surface area contributed by atoms with Gasteiger partial charge in [-0.2, -0.15) is 5.10 Å². The van der Waals surface area contributed by atoms with Crippen molar-refractivity contribution in [2.75, 3.05) is 5.75 Å². The number of para-hydroxylation sites is 1. The molecule has 0 atom stereocenters. The van der Waals surface area contributed by atoms with Gasteiger partial charge in [0.05, 0.1) is 12.3 Å². The fourth-order valence-electron chi connectivity index (χ4n) is 3.68. The molecule has 3 heterocycles. The highest BCUT2D eigenvalue weighted by Gasteiger charge is 2.17. The minimum atomic E-state index is -0.0746. The zero-order valence-corrected chi connectivity index (χ0v) is 19.7. The molecular weight excluding hydrogens is 458 g/mol. The second-order valence-corrected chi connectivity index (χ2v) is 8.70. The summed E-state index contributed by atoms with van der Waals surface area (Å²) < 4.78 is 3.82. The highest BCUT2D eigenvalue weighted by atomic mass is 32.2. The van der Waals surface area contributed by atoms with E-state index in [2.05, 4.69) is 31.7 Å². The van der Waals surface area contributed by atoms with Gasteiger partial charge in [-0.1, -0.05) is 54.2 Å². The van der Waals surface area contributed by atoms with Gasteiger partial charge in [0.15, 0.2) is 11.0 Å². The summed E-state index contributed by atoms with van der Waals surface area (Å²) in [6.45, 7) is 1.11. The first-order chi connectivity index (χ1) is 17.3. The van der Waals surface area contributed by atoms with Gasteiger partial charge in [0.2, 0.25) is 5.91 Å². The third-order valence-electron chi connectivity index (χ3n) is 5.39. The predicted octanol–water partition coefficient (Wildman–Crippen LogP) is 3.98. The standard InChI is InChI=1S/C26H23N7OS/c34-24(28-17-20-8-4-5-9-22(20)18-32-15-7-14-29-32)19-35-26-31-30-25(21-10-6-13-27-16-21)33(26)23-11-2-1-3-12-23/h1-16H,17-19H2,(H,28,34). The van der Waals surface area contributed by atoms with Gasteiger partial charge in [0, 0.05) is 42.6 Å². The van der Waals surface area contributed by atoms with Crippen molar-refractivity contribution >= 4 is 17.7 Å². The van der Waals surface area contributed by atoms with Crippen molar-refractivity contribution in [2.45, 2.75) is 18.2 Å². The zero-order chi connectivity index (χ0) is 23.9. The van der Waals surface area contributed by atoms with E-state index in [-0.39, 0.29) is 11.7 Å². The van der Waals surface area contributed by atoms with Crippen molar-refractivity contribution in [2.24, 2.45) is 0 Å². The van der Waals surface area contributed by atoms with Crippen molar-refractivity contribution < 1.29 is 4.79 Å². The topological polar surface area (TPSA) is 90.5 Å². The van der Waals surface area contributed by atoms with Crippen LogP contribution in [0.1, 0.15) is 11.1 Å². The van der Waals surface area contributed by atoms with E-state index in [1.54, 1.807) is 18.6 Å². The van der Waals surface area contributed by atoms with Gasteiger partial charge in [-0.15, -0.1) is 10.2 Å². The SMILES string of the molecule is O=C(CSc1nnc(-c2cccnc2)n1-c1ccccc1)NCc1ccccc1Cn1cccn1. The second kappa shape index (κ2) is 10.8. The van der Waals surface area contributed by atoms with E-state index in [1.165, 1.54) is 11.8 Å². The Balaban J connectivity index is 1.27. The van der Waals surface area contributed by atoms with Gasteiger partial charge < -0.3 is 5.32 Å². The van der Waals surface area contributed by atoms with Gasteiger partial charge in [0.1, 0.15) is 0 Å². The maximum Gasteiger partial charge on any atom is 0.230 e. The van der Waals surface area contributed by atoms with Crippen LogP contribution in [0, 0.1) is 0 Å². The summed E-state index contributed by atoms with van der Waals surface area (Å²) >= 11 is 1.35. The lowest BCUT2D eigenvalue weighted by atomic mass is 10.1. The average Bonchev–Trinajstić information content (AvgIpc) is 3.58. The van der Waals surface area contributed by atoms with Crippen molar-refractivity contribution in [3.05, 3.63) is 109 Å². The van der Waals surface area contributed by atoms with Crippen LogP contribution in [0.2, 0.25) is 0 Å². The first-order valence-corrected chi connectivity index (χ1v) is 12.1. The number of hydrogen-bond donors (Lipinski definition) is 1. The molecule has 3 aromatic heterocycles.